The van der Waals surface area contributed by atoms with Crippen molar-refractivity contribution < 1.29 is 32.9 Å². The number of ether oxygens (including phenoxy) is 1. The van der Waals surface area contributed by atoms with Crippen LogP contribution in [0.15, 0.2) is 23.3 Å². The topological polar surface area (TPSA) is 66.8 Å². The van der Waals surface area contributed by atoms with E-state index in [-0.39, 0.29) is 6.61 Å². The third kappa shape index (κ3) is 4.78. The van der Waals surface area contributed by atoms with Gasteiger partial charge in [0.05, 0.1) is 0 Å². The van der Waals surface area contributed by atoms with E-state index in [4.69, 9.17) is 9.84 Å². The second kappa shape index (κ2) is 8.42. The van der Waals surface area contributed by atoms with Crippen LogP contribution < -0.4 is 4.74 Å². The van der Waals surface area contributed by atoms with E-state index in [2.05, 4.69) is 0 Å². The fourth-order valence-corrected chi connectivity index (χ4v) is 1.91. The Morgan fingerprint density at radius 2 is 1.71 bits per heavy atom. The van der Waals surface area contributed by atoms with E-state index in [1.54, 1.807) is 13.0 Å². The predicted octanol–water partition coefficient (Wildman–Crippen LogP) is 4.58. The van der Waals surface area contributed by atoms with Crippen molar-refractivity contribution >= 4 is 5.97 Å². The summed E-state index contributed by atoms with van der Waals surface area (Å²) in [5, 5.41) is 18.0. The van der Waals surface area contributed by atoms with Gasteiger partial charge in [-0.2, -0.15) is 8.78 Å². The highest BCUT2D eigenvalue weighted by molar-refractivity contribution is 5.91. The number of carbonyl (C=O) groups is 1. The smallest absolute Gasteiger partial charge is 0.342 e. The first-order chi connectivity index (χ1) is 11.2. The number of hydrogen-bond donors (Lipinski definition) is 2. The van der Waals surface area contributed by atoms with Gasteiger partial charge in [0.1, 0.15) is 12.2 Å². The molecule has 0 heterocycles. The van der Waals surface area contributed by atoms with E-state index in [1.165, 1.54) is 5.57 Å². The molecule has 4 nitrogen and oxygen atoms in total. The lowest BCUT2D eigenvalue weighted by atomic mass is 10.1. The van der Waals surface area contributed by atoms with Crippen molar-refractivity contribution in [1.29, 1.82) is 0 Å². The summed E-state index contributed by atoms with van der Waals surface area (Å²) in [6, 6.07) is 0. The van der Waals surface area contributed by atoms with Crippen molar-refractivity contribution in [1.82, 2.24) is 0 Å². The van der Waals surface area contributed by atoms with Crippen molar-refractivity contribution in [3.05, 3.63) is 46.3 Å². The maximum atomic E-state index is 13.8. The molecular formula is C17H19F3O4. The highest BCUT2D eigenvalue weighted by Crippen LogP contribution is 2.35. The third-order valence-electron chi connectivity index (χ3n) is 3.22. The van der Waals surface area contributed by atoms with Crippen LogP contribution in [0.5, 0.6) is 11.5 Å². The Kier molecular flexibility index (Phi) is 6.88. The zero-order valence-corrected chi connectivity index (χ0v) is 13.6. The molecule has 7 heteroatoms. The highest BCUT2D eigenvalue weighted by Gasteiger charge is 2.29. The Bertz CT molecular complexity index is 661. The Balaban J connectivity index is 2.90. The number of halogens is 3. The monoisotopic (exact) mass is 344 g/mol. The van der Waals surface area contributed by atoms with Crippen LogP contribution in [0.1, 0.15) is 44.0 Å². The second-order valence-electron chi connectivity index (χ2n) is 5.48. The number of carboxylic acid groups (broad SMARTS) is 1. The summed E-state index contributed by atoms with van der Waals surface area (Å²) in [5.74, 6) is -9.95. The number of hydrogen-bond acceptors (Lipinski definition) is 3. The molecule has 0 bridgehead atoms. The number of rotatable bonds is 7. The second-order valence-corrected chi connectivity index (χ2v) is 5.48. The average molecular weight is 344 g/mol. The first-order valence-corrected chi connectivity index (χ1v) is 7.21. The van der Waals surface area contributed by atoms with Crippen molar-refractivity contribution in [3.63, 3.8) is 0 Å². The summed E-state index contributed by atoms with van der Waals surface area (Å²) in [6.07, 6.45) is 5.13. The van der Waals surface area contributed by atoms with Crippen molar-refractivity contribution in [3.8, 4) is 11.5 Å². The van der Waals surface area contributed by atoms with Crippen LogP contribution in [0.4, 0.5) is 13.2 Å². The molecule has 0 aliphatic heterocycles. The van der Waals surface area contributed by atoms with E-state index in [9.17, 15) is 23.1 Å². The van der Waals surface area contributed by atoms with Crippen LogP contribution in [0.3, 0.4) is 0 Å². The van der Waals surface area contributed by atoms with Crippen molar-refractivity contribution in [2.45, 2.75) is 33.6 Å². The van der Waals surface area contributed by atoms with E-state index in [0.29, 0.717) is 0 Å². The molecule has 0 aromatic heterocycles. The first kappa shape index (κ1) is 19.6. The predicted molar refractivity (Wildman–Crippen MR) is 82.9 cm³/mol. The van der Waals surface area contributed by atoms with Gasteiger partial charge < -0.3 is 14.9 Å². The minimum atomic E-state index is -1.98. The molecule has 132 valence electrons. The molecule has 0 amide bonds. The Labute approximate surface area is 137 Å². The summed E-state index contributed by atoms with van der Waals surface area (Å²) in [4.78, 5) is 10.7. The van der Waals surface area contributed by atoms with E-state index in [0.717, 1.165) is 18.4 Å². The molecule has 1 aromatic carbocycles. The standard InChI is InChI=1S/C17H19F3O4/c1-9(2)5-4-6-10(3)7-8-24-16-13(19)12(18)11(17(22)23)15(21)14(16)20/h5,7,21H,4,6,8H2,1-3H3,(H,22,23)/b10-7+. The normalized spacial score (nSPS) is 11.3. The van der Waals surface area contributed by atoms with Gasteiger partial charge in [0.25, 0.3) is 0 Å². The molecule has 0 saturated heterocycles. The lowest BCUT2D eigenvalue weighted by Gasteiger charge is -2.11. The fourth-order valence-electron chi connectivity index (χ4n) is 1.91. The molecule has 0 fully saturated rings. The van der Waals surface area contributed by atoms with Crippen molar-refractivity contribution in [2.24, 2.45) is 0 Å². The third-order valence-corrected chi connectivity index (χ3v) is 3.22. The minimum Gasteiger partial charge on any atom is -0.504 e. The van der Waals surface area contributed by atoms with Crippen molar-refractivity contribution in [2.75, 3.05) is 6.61 Å². The largest absolute Gasteiger partial charge is 0.504 e. The van der Waals surface area contributed by atoms with Gasteiger partial charge in [0.2, 0.25) is 11.6 Å². The molecule has 2 N–H and O–H groups in total. The maximum absolute atomic E-state index is 13.8. The molecule has 0 unspecified atom stereocenters. The molecule has 0 radical (unpaired) electrons. The number of aromatic carboxylic acids is 1. The molecule has 0 atom stereocenters. The van der Waals surface area contributed by atoms with Gasteiger partial charge in [0, 0.05) is 0 Å². The van der Waals surface area contributed by atoms with E-state index >= 15 is 0 Å². The molecule has 1 aromatic rings. The van der Waals surface area contributed by atoms with Gasteiger partial charge in [-0.3, -0.25) is 0 Å². The van der Waals surface area contributed by atoms with Crippen LogP contribution in [0, 0.1) is 17.5 Å². The first-order valence-electron chi connectivity index (χ1n) is 7.21. The van der Waals surface area contributed by atoms with Gasteiger partial charge in [-0.05, 0) is 39.7 Å². The van der Waals surface area contributed by atoms with Gasteiger partial charge in [-0.25, -0.2) is 9.18 Å². The summed E-state index contributed by atoms with van der Waals surface area (Å²) < 4.78 is 46.0. The molecule has 0 spiro atoms. The average Bonchev–Trinajstić information content (AvgIpc) is 2.48. The maximum Gasteiger partial charge on any atom is 0.342 e. The summed E-state index contributed by atoms with van der Waals surface area (Å²) in [7, 11) is 0. The molecule has 0 saturated carbocycles. The van der Waals surface area contributed by atoms with Crippen LogP contribution in [-0.4, -0.2) is 22.8 Å². The number of aromatic hydroxyl groups is 1. The van der Waals surface area contributed by atoms with Crippen LogP contribution in [-0.2, 0) is 0 Å². The zero-order chi connectivity index (χ0) is 18.4. The minimum absolute atomic E-state index is 0.250. The number of allylic oxidation sites excluding steroid dienone is 3. The van der Waals surface area contributed by atoms with Crippen LogP contribution in [0.2, 0.25) is 0 Å². The lowest BCUT2D eigenvalue weighted by molar-refractivity contribution is 0.0685. The molecule has 24 heavy (non-hydrogen) atoms. The highest BCUT2D eigenvalue weighted by atomic mass is 19.2. The van der Waals surface area contributed by atoms with E-state index < -0.39 is 40.5 Å². The van der Waals surface area contributed by atoms with Crippen LogP contribution in [0.25, 0.3) is 0 Å². The summed E-state index contributed by atoms with van der Waals surface area (Å²) >= 11 is 0. The van der Waals surface area contributed by atoms with Gasteiger partial charge in [-0.1, -0.05) is 17.2 Å². The fraction of sp³-hybridized carbons (Fsp3) is 0.353. The Hall–Kier alpha value is -2.44. The molecule has 0 aliphatic carbocycles. The lowest BCUT2D eigenvalue weighted by Crippen LogP contribution is -2.09. The number of carboxylic acids is 1. The number of phenols is 1. The quantitative estimate of drug-likeness (QED) is 0.561. The molecule has 1 rings (SSSR count). The summed E-state index contributed by atoms with van der Waals surface area (Å²) in [6.45, 7) is 5.49. The SMILES string of the molecule is CC(C)=CCC/C(C)=C/COc1c(F)c(O)c(C(=O)O)c(F)c1F. The molecule has 0 aliphatic rings. The van der Waals surface area contributed by atoms with Gasteiger partial charge in [-0.15, -0.1) is 0 Å². The van der Waals surface area contributed by atoms with Gasteiger partial charge in [0.15, 0.2) is 17.3 Å². The Morgan fingerprint density at radius 1 is 1.08 bits per heavy atom. The zero-order valence-electron chi connectivity index (χ0n) is 13.6. The molecular weight excluding hydrogens is 325 g/mol. The van der Waals surface area contributed by atoms with E-state index in [1.807, 2.05) is 19.9 Å². The number of benzene rings is 1. The van der Waals surface area contributed by atoms with Gasteiger partial charge >= 0.3 is 5.97 Å². The summed E-state index contributed by atoms with van der Waals surface area (Å²) in [5.41, 5.74) is 0.610. The van der Waals surface area contributed by atoms with Crippen LogP contribution >= 0.6 is 0 Å². The Morgan fingerprint density at radius 3 is 2.25 bits per heavy atom.